The molecule has 0 aliphatic carbocycles. The van der Waals surface area contributed by atoms with Crippen LogP contribution in [0.1, 0.15) is 0 Å². The minimum absolute atomic E-state index is 0.883. The van der Waals surface area contributed by atoms with Gasteiger partial charge in [0.15, 0.2) is 0 Å². The smallest absolute Gasteiger partial charge is 0.135 e. The Morgan fingerprint density at radius 2 is 0.923 bits per heavy atom. The van der Waals surface area contributed by atoms with Gasteiger partial charge in [-0.2, -0.15) is 0 Å². The van der Waals surface area contributed by atoms with Crippen LogP contribution >= 0.6 is 0 Å². The maximum Gasteiger partial charge on any atom is 0.135 e. The molecule has 0 bridgehead atoms. The summed E-state index contributed by atoms with van der Waals surface area (Å²) in [5.41, 5.74) is 10.1. The number of hydrogen-bond acceptors (Lipinski definition) is 2. The Bertz CT molecular complexity index is 2870. The number of hydrogen-bond donors (Lipinski definition) is 0. The van der Waals surface area contributed by atoms with Crippen molar-refractivity contribution in [1.82, 2.24) is 0 Å². The third kappa shape index (κ3) is 5.30. The van der Waals surface area contributed by atoms with E-state index in [2.05, 4.69) is 187 Å². The molecule has 1 aromatic heterocycles. The first-order valence-electron chi connectivity index (χ1n) is 17.7. The van der Waals surface area contributed by atoms with Crippen LogP contribution in [0.15, 0.2) is 205 Å². The van der Waals surface area contributed by atoms with Crippen LogP contribution in [0.4, 0.5) is 17.1 Å². The Labute approximate surface area is 302 Å². The maximum absolute atomic E-state index is 6.18. The van der Waals surface area contributed by atoms with Crippen LogP contribution in [0.5, 0.6) is 0 Å². The zero-order chi connectivity index (χ0) is 34.4. The molecule has 0 spiro atoms. The fraction of sp³-hybridized carbons (Fsp3) is 0. The highest BCUT2D eigenvalue weighted by Gasteiger charge is 2.15. The van der Waals surface area contributed by atoms with Crippen molar-refractivity contribution in [2.45, 2.75) is 0 Å². The van der Waals surface area contributed by atoms with Crippen molar-refractivity contribution in [3.63, 3.8) is 0 Å². The van der Waals surface area contributed by atoms with Gasteiger partial charge in [-0.3, -0.25) is 0 Å². The molecule has 1 heterocycles. The molecule has 2 heteroatoms. The SMILES string of the molecule is c1ccc(N(c2ccc(-c3cc4ccccc4c4ccccc34)cc2)c2ccc3cc(-c4cccc(-c5cc6ccccc6o5)c4)ccc3c2)cc1. The zero-order valence-electron chi connectivity index (χ0n) is 28.4. The molecule has 0 N–H and O–H groups in total. The van der Waals surface area contributed by atoms with Crippen molar-refractivity contribution in [3.05, 3.63) is 200 Å². The summed E-state index contributed by atoms with van der Waals surface area (Å²) in [6.07, 6.45) is 0. The summed E-state index contributed by atoms with van der Waals surface area (Å²) < 4.78 is 6.18. The highest BCUT2D eigenvalue weighted by atomic mass is 16.3. The van der Waals surface area contributed by atoms with Crippen LogP contribution in [0.2, 0.25) is 0 Å². The van der Waals surface area contributed by atoms with Gasteiger partial charge >= 0.3 is 0 Å². The first kappa shape index (κ1) is 30.0. The van der Waals surface area contributed by atoms with Crippen LogP contribution in [0.3, 0.4) is 0 Å². The second kappa shape index (κ2) is 12.5. The molecule has 2 nitrogen and oxygen atoms in total. The van der Waals surface area contributed by atoms with Gasteiger partial charge in [0.05, 0.1) is 0 Å². The summed E-state index contributed by atoms with van der Waals surface area (Å²) in [5.74, 6) is 0.883. The van der Waals surface area contributed by atoms with Crippen molar-refractivity contribution in [2.75, 3.05) is 4.90 Å². The lowest BCUT2D eigenvalue weighted by Crippen LogP contribution is -2.09. The lowest BCUT2D eigenvalue weighted by Gasteiger charge is -2.26. The van der Waals surface area contributed by atoms with Crippen molar-refractivity contribution < 1.29 is 4.42 Å². The molecule has 9 aromatic carbocycles. The van der Waals surface area contributed by atoms with E-state index in [1.807, 2.05) is 18.2 Å². The van der Waals surface area contributed by atoms with Gasteiger partial charge in [-0.05, 0) is 121 Å². The molecule has 10 rings (SSSR count). The Morgan fingerprint density at radius 1 is 0.308 bits per heavy atom. The second-order valence-electron chi connectivity index (χ2n) is 13.4. The number of nitrogens with zero attached hydrogens (tertiary/aromatic N) is 1. The zero-order valence-corrected chi connectivity index (χ0v) is 28.4. The Kier molecular flexibility index (Phi) is 7.18. The third-order valence-electron chi connectivity index (χ3n) is 10.2. The number of rotatable bonds is 6. The first-order valence-corrected chi connectivity index (χ1v) is 17.7. The lowest BCUT2D eigenvalue weighted by molar-refractivity contribution is 0.631. The fourth-order valence-corrected chi connectivity index (χ4v) is 7.64. The number of para-hydroxylation sites is 2. The minimum Gasteiger partial charge on any atom is -0.456 e. The largest absolute Gasteiger partial charge is 0.456 e. The average Bonchev–Trinajstić information content (AvgIpc) is 3.66. The van der Waals surface area contributed by atoms with Crippen LogP contribution in [-0.2, 0) is 0 Å². The summed E-state index contributed by atoms with van der Waals surface area (Å²) >= 11 is 0. The van der Waals surface area contributed by atoms with E-state index in [1.165, 1.54) is 49.0 Å². The predicted octanol–water partition coefficient (Wildman–Crippen LogP) is 14.4. The van der Waals surface area contributed by atoms with E-state index in [0.717, 1.165) is 44.9 Å². The molecule has 244 valence electrons. The first-order chi connectivity index (χ1) is 25.7. The number of anilines is 3. The maximum atomic E-state index is 6.18. The number of furan rings is 1. The molecule has 52 heavy (non-hydrogen) atoms. The molecule has 0 amide bonds. The van der Waals surface area contributed by atoms with E-state index in [9.17, 15) is 0 Å². The van der Waals surface area contributed by atoms with Crippen LogP contribution in [0, 0.1) is 0 Å². The van der Waals surface area contributed by atoms with E-state index in [-0.39, 0.29) is 0 Å². The van der Waals surface area contributed by atoms with E-state index >= 15 is 0 Å². The van der Waals surface area contributed by atoms with Gasteiger partial charge in [-0.25, -0.2) is 0 Å². The van der Waals surface area contributed by atoms with Gasteiger partial charge in [0.25, 0.3) is 0 Å². The normalized spacial score (nSPS) is 11.5. The topological polar surface area (TPSA) is 16.4 Å². The molecule has 0 aliphatic rings. The molecule has 0 saturated heterocycles. The molecular formula is C50H33NO. The lowest BCUT2D eigenvalue weighted by atomic mass is 9.93. The molecule has 0 radical (unpaired) electrons. The Hall–Kier alpha value is -6.90. The van der Waals surface area contributed by atoms with E-state index in [0.29, 0.717) is 0 Å². The van der Waals surface area contributed by atoms with Crippen LogP contribution < -0.4 is 4.90 Å². The van der Waals surface area contributed by atoms with E-state index in [4.69, 9.17) is 4.42 Å². The van der Waals surface area contributed by atoms with E-state index < -0.39 is 0 Å². The summed E-state index contributed by atoms with van der Waals surface area (Å²) in [5, 5.41) is 8.59. The van der Waals surface area contributed by atoms with Gasteiger partial charge in [-0.1, -0.05) is 133 Å². The number of benzene rings is 9. The minimum atomic E-state index is 0.883. The molecule has 10 aromatic rings. The molecule has 0 unspecified atom stereocenters. The standard InChI is InChI=1S/C50H33NO/c1-2-15-42(16-3-1)51(43-26-23-34(24-27-43)48-32-39-11-4-6-17-45(39)46-18-7-8-19-47(46)48)44-28-25-37-29-36(21-22-38(37)31-44)35-13-10-14-40(30-35)50-33-41-12-5-9-20-49(41)52-50/h1-33H. The Balaban J connectivity index is 1.01. The summed E-state index contributed by atoms with van der Waals surface area (Å²) in [6.45, 7) is 0. The Morgan fingerprint density at radius 3 is 1.77 bits per heavy atom. The van der Waals surface area contributed by atoms with Gasteiger partial charge in [-0.15, -0.1) is 0 Å². The predicted molar refractivity (Wildman–Crippen MR) is 220 cm³/mol. The molecule has 0 aliphatic heterocycles. The summed E-state index contributed by atoms with van der Waals surface area (Å²) in [4.78, 5) is 2.34. The van der Waals surface area contributed by atoms with Gasteiger partial charge in [0, 0.05) is 28.0 Å². The average molecular weight is 664 g/mol. The molecule has 0 atom stereocenters. The summed E-state index contributed by atoms with van der Waals surface area (Å²) in [6, 6.07) is 71.7. The van der Waals surface area contributed by atoms with Crippen LogP contribution in [-0.4, -0.2) is 0 Å². The molecule has 0 fully saturated rings. The van der Waals surface area contributed by atoms with Crippen molar-refractivity contribution in [1.29, 1.82) is 0 Å². The fourth-order valence-electron chi connectivity index (χ4n) is 7.64. The van der Waals surface area contributed by atoms with Crippen molar-refractivity contribution in [2.24, 2.45) is 0 Å². The number of fused-ring (bicyclic) bond motifs is 5. The third-order valence-corrected chi connectivity index (χ3v) is 10.2. The van der Waals surface area contributed by atoms with Crippen molar-refractivity contribution >= 4 is 60.3 Å². The van der Waals surface area contributed by atoms with Gasteiger partial charge < -0.3 is 9.32 Å². The highest BCUT2D eigenvalue weighted by Crippen LogP contribution is 2.40. The van der Waals surface area contributed by atoms with Crippen molar-refractivity contribution in [3.8, 4) is 33.6 Å². The van der Waals surface area contributed by atoms with Crippen LogP contribution in [0.25, 0.3) is 76.9 Å². The quantitative estimate of drug-likeness (QED) is 0.165. The van der Waals surface area contributed by atoms with E-state index in [1.54, 1.807) is 0 Å². The van der Waals surface area contributed by atoms with Gasteiger partial charge in [0.1, 0.15) is 11.3 Å². The highest BCUT2D eigenvalue weighted by molar-refractivity contribution is 6.13. The monoisotopic (exact) mass is 663 g/mol. The molecular weight excluding hydrogens is 631 g/mol. The molecule has 0 saturated carbocycles. The van der Waals surface area contributed by atoms with Gasteiger partial charge in [0.2, 0.25) is 0 Å². The summed E-state index contributed by atoms with van der Waals surface area (Å²) in [7, 11) is 0. The second-order valence-corrected chi connectivity index (χ2v) is 13.4.